The molecule has 0 bridgehead atoms. The molecule has 0 heterocycles. The first-order valence-corrected chi connectivity index (χ1v) is 12.4. The second-order valence-corrected chi connectivity index (χ2v) is 10.6. The lowest BCUT2D eigenvalue weighted by Crippen LogP contribution is -2.32. The predicted molar refractivity (Wildman–Crippen MR) is 133 cm³/mol. The maximum Gasteiger partial charge on any atom is 0.309 e. The van der Waals surface area contributed by atoms with Gasteiger partial charge in [-0.1, -0.05) is 56.7 Å². The van der Waals surface area contributed by atoms with E-state index >= 15 is 0 Å². The minimum Gasteiger partial charge on any atom is -0.455 e. The Balaban J connectivity index is 1.55. The molecular weight excluding hydrogens is 448 g/mol. The van der Waals surface area contributed by atoms with E-state index in [1.54, 1.807) is 0 Å². The number of hydrogen-bond acceptors (Lipinski definition) is 2. The summed E-state index contributed by atoms with van der Waals surface area (Å²) in [5.74, 6) is 1.49. The number of benzene rings is 3. The summed E-state index contributed by atoms with van der Waals surface area (Å²) in [5, 5.41) is 4.77. The minimum atomic E-state index is -0.691. The average Bonchev–Trinajstić information content (AvgIpc) is 2.77. The minimum absolute atomic E-state index is 0.0303. The van der Waals surface area contributed by atoms with E-state index in [9.17, 15) is 4.79 Å². The molecule has 1 fully saturated rings. The van der Waals surface area contributed by atoms with Crippen LogP contribution in [0.1, 0.15) is 65.4 Å². The van der Waals surface area contributed by atoms with Crippen LogP contribution in [0.3, 0.4) is 0 Å². The summed E-state index contributed by atoms with van der Waals surface area (Å²) in [5.41, 5.74) is 0.320. The van der Waals surface area contributed by atoms with Crippen molar-refractivity contribution in [3.8, 4) is 0 Å². The van der Waals surface area contributed by atoms with Gasteiger partial charge in [-0.15, -0.1) is 0 Å². The molecule has 1 aliphatic rings. The highest BCUT2D eigenvalue weighted by Gasteiger charge is 2.34. The van der Waals surface area contributed by atoms with Gasteiger partial charge in [0.2, 0.25) is 0 Å². The van der Waals surface area contributed by atoms with Crippen LogP contribution in [-0.4, -0.2) is 5.97 Å². The second kappa shape index (κ2) is 8.94. The lowest BCUT2D eigenvalue weighted by atomic mass is 9.75. The zero-order valence-corrected chi connectivity index (χ0v) is 20.7. The van der Waals surface area contributed by atoms with Crippen molar-refractivity contribution in [1.29, 1.82) is 0 Å². The largest absolute Gasteiger partial charge is 0.455 e. The number of esters is 1. The number of fused-ring (bicyclic) bond motifs is 2. The maximum atomic E-state index is 13.0. The number of rotatable bonds is 5. The Hall–Kier alpha value is -1.87. The van der Waals surface area contributed by atoms with Crippen LogP contribution in [0.15, 0.2) is 53.0 Å². The van der Waals surface area contributed by atoms with Crippen LogP contribution in [0.2, 0.25) is 0 Å². The lowest BCUT2D eigenvalue weighted by molar-refractivity contribution is -0.164. The molecule has 31 heavy (non-hydrogen) atoms. The number of carbonyl (C=O) groups is 1. The molecule has 1 unspecified atom stereocenters. The van der Waals surface area contributed by atoms with Gasteiger partial charge in [-0.05, 0) is 101 Å². The van der Waals surface area contributed by atoms with Crippen molar-refractivity contribution in [2.24, 2.45) is 17.8 Å². The third-order valence-corrected chi connectivity index (χ3v) is 8.23. The van der Waals surface area contributed by atoms with E-state index in [4.69, 9.17) is 4.74 Å². The standard InChI is InChI=1S/C28H33BrO2/c1-5-18(2)19-10-12-20(13-11-19)27(30)31-28(3,4)25-15-14-23-16-21-8-6-7-9-22(21)17-24(23)26(25)29/h6-9,14-20H,5,10-13H2,1-4H3. The molecule has 1 saturated carbocycles. The van der Waals surface area contributed by atoms with Crippen molar-refractivity contribution in [2.45, 2.75) is 65.4 Å². The van der Waals surface area contributed by atoms with E-state index in [2.05, 4.69) is 78.3 Å². The maximum absolute atomic E-state index is 13.0. The highest BCUT2D eigenvalue weighted by Crippen LogP contribution is 2.40. The number of halogens is 1. The van der Waals surface area contributed by atoms with Gasteiger partial charge in [0.25, 0.3) is 0 Å². The zero-order chi connectivity index (χ0) is 22.2. The fourth-order valence-electron chi connectivity index (χ4n) is 5.09. The van der Waals surface area contributed by atoms with Gasteiger partial charge in [0.1, 0.15) is 5.60 Å². The smallest absolute Gasteiger partial charge is 0.309 e. The van der Waals surface area contributed by atoms with Crippen molar-refractivity contribution >= 4 is 43.4 Å². The molecule has 164 valence electrons. The Morgan fingerprint density at radius 2 is 1.68 bits per heavy atom. The predicted octanol–water partition coefficient (Wildman–Crippen LogP) is 8.39. The molecule has 0 N–H and O–H groups in total. The van der Waals surface area contributed by atoms with Gasteiger partial charge < -0.3 is 4.74 Å². The van der Waals surface area contributed by atoms with Gasteiger partial charge in [-0.25, -0.2) is 0 Å². The van der Waals surface area contributed by atoms with Crippen LogP contribution in [-0.2, 0) is 15.1 Å². The molecule has 1 aliphatic carbocycles. The number of carbonyl (C=O) groups excluding carboxylic acids is 1. The first-order valence-electron chi connectivity index (χ1n) is 11.6. The van der Waals surface area contributed by atoms with Crippen LogP contribution < -0.4 is 0 Å². The van der Waals surface area contributed by atoms with Crippen molar-refractivity contribution in [3.05, 3.63) is 58.6 Å². The van der Waals surface area contributed by atoms with Crippen LogP contribution in [0, 0.1) is 17.8 Å². The van der Waals surface area contributed by atoms with E-state index in [-0.39, 0.29) is 11.9 Å². The Morgan fingerprint density at radius 3 is 2.32 bits per heavy atom. The first kappa shape index (κ1) is 22.3. The molecule has 0 aliphatic heterocycles. The highest BCUT2D eigenvalue weighted by atomic mass is 79.9. The van der Waals surface area contributed by atoms with Crippen LogP contribution in [0.5, 0.6) is 0 Å². The third kappa shape index (κ3) is 4.53. The van der Waals surface area contributed by atoms with E-state index in [0.29, 0.717) is 0 Å². The van der Waals surface area contributed by atoms with E-state index in [1.165, 1.54) is 22.6 Å². The van der Waals surface area contributed by atoms with Crippen molar-refractivity contribution in [3.63, 3.8) is 0 Å². The Bertz CT molecular complexity index is 1090. The summed E-state index contributed by atoms with van der Waals surface area (Å²) in [4.78, 5) is 13.0. The summed E-state index contributed by atoms with van der Waals surface area (Å²) in [6, 6.07) is 17.1. The molecular formula is C28H33BrO2. The SMILES string of the molecule is CCC(C)C1CCC(C(=O)OC(C)(C)c2ccc3cc4ccccc4cc3c2Br)CC1. The van der Waals surface area contributed by atoms with Crippen molar-refractivity contribution < 1.29 is 9.53 Å². The summed E-state index contributed by atoms with van der Waals surface area (Å²) >= 11 is 3.83. The molecule has 0 aromatic heterocycles. The van der Waals surface area contributed by atoms with Gasteiger partial charge in [0, 0.05) is 10.0 Å². The molecule has 3 heteroatoms. The summed E-state index contributed by atoms with van der Waals surface area (Å²) in [6.07, 6.45) is 5.41. The lowest BCUT2D eigenvalue weighted by Gasteiger charge is -2.34. The quantitative estimate of drug-likeness (QED) is 0.270. The van der Waals surface area contributed by atoms with E-state index in [0.717, 1.165) is 52.9 Å². The van der Waals surface area contributed by atoms with Crippen LogP contribution in [0.4, 0.5) is 0 Å². The third-order valence-electron chi connectivity index (χ3n) is 7.38. The average molecular weight is 481 g/mol. The van der Waals surface area contributed by atoms with Gasteiger partial charge in [0.05, 0.1) is 5.92 Å². The van der Waals surface area contributed by atoms with Crippen LogP contribution >= 0.6 is 15.9 Å². The first-order chi connectivity index (χ1) is 14.8. The summed E-state index contributed by atoms with van der Waals surface area (Å²) in [6.45, 7) is 8.61. The normalized spacial score (nSPS) is 20.7. The number of hydrogen-bond donors (Lipinski definition) is 0. The summed E-state index contributed by atoms with van der Waals surface area (Å²) in [7, 11) is 0. The monoisotopic (exact) mass is 480 g/mol. The van der Waals surface area contributed by atoms with Gasteiger partial charge in [-0.2, -0.15) is 0 Å². The molecule has 0 saturated heterocycles. The van der Waals surface area contributed by atoms with Gasteiger partial charge in [-0.3, -0.25) is 4.79 Å². The Morgan fingerprint density at radius 1 is 1.03 bits per heavy atom. The highest BCUT2D eigenvalue weighted by molar-refractivity contribution is 9.10. The fourth-order valence-corrected chi connectivity index (χ4v) is 6.04. The molecule has 0 spiro atoms. The molecule has 3 aromatic carbocycles. The van der Waals surface area contributed by atoms with Crippen molar-refractivity contribution in [1.82, 2.24) is 0 Å². The molecule has 4 rings (SSSR count). The summed E-state index contributed by atoms with van der Waals surface area (Å²) < 4.78 is 7.14. The fraction of sp³-hybridized carbons (Fsp3) is 0.464. The van der Waals surface area contributed by atoms with E-state index in [1.807, 2.05) is 13.8 Å². The molecule has 1 atom stereocenters. The molecule has 3 aromatic rings. The van der Waals surface area contributed by atoms with Crippen LogP contribution in [0.25, 0.3) is 21.5 Å². The Labute approximate surface area is 194 Å². The number of ether oxygens (including phenoxy) is 1. The second-order valence-electron chi connectivity index (χ2n) is 9.78. The van der Waals surface area contributed by atoms with Crippen molar-refractivity contribution in [2.75, 3.05) is 0 Å². The zero-order valence-electron chi connectivity index (χ0n) is 19.1. The van der Waals surface area contributed by atoms with Gasteiger partial charge >= 0.3 is 5.97 Å². The van der Waals surface area contributed by atoms with E-state index < -0.39 is 5.60 Å². The molecule has 0 radical (unpaired) electrons. The molecule has 0 amide bonds. The Kier molecular flexibility index (Phi) is 6.44. The van der Waals surface area contributed by atoms with Gasteiger partial charge in [0.15, 0.2) is 0 Å². The molecule has 2 nitrogen and oxygen atoms in total. The topological polar surface area (TPSA) is 26.3 Å².